The van der Waals surface area contributed by atoms with Crippen LogP contribution < -0.4 is 4.90 Å². The molecule has 29 heavy (non-hydrogen) atoms. The fourth-order valence-electron chi connectivity index (χ4n) is 5.07. The molecule has 0 bridgehead atoms. The largest absolute Gasteiger partial charge is 0.450 e. The highest BCUT2D eigenvalue weighted by molar-refractivity contribution is 6.05. The summed E-state index contributed by atoms with van der Waals surface area (Å²) in [6.07, 6.45) is 3.49. The maximum atomic E-state index is 13.8. The third-order valence-corrected chi connectivity index (χ3v) is 6.70. The Hall–Kier alpha value is -2.15. The molecule has 1 aromatic carbocycles. The predicted octanol–water partition coefficient (Wildman–Crippen LogP) is 3.36. The second kappa shape index (κ2) is 8.30. The molecule has 2 fully saturated rings. The molecule has 4 rings (SSSR count). The van der Waals surface area contributed by atoms with Crippen LogP contribution in [0.4, 0.5) is 14.9 Å². The summed E-state index contributed by atoms with van der Waals surface area (Å²) in [5.41, 5.74) is 1.69. The zero-order valence-electron chi connectivity index (χ0n) is 17.3. The van der Waals surface area contributed by atoms with Crippen LogP contribution in [0.3, 0.4) is 0 Å². The van der Waals surface area contributed by atoms with Crippen molar-refractivity contribution in [3.05, 3.63) is 29.6 Å². The van der Waals surface area contributed by atoms with Crippen LogP contribution in [0, 0.1) is 5.82 Å². The standard InChI is InChI=1S/C22H30FN3O3/c1-3-29-22(28)25-12-6-17(7-13-25)24-10-8-18(9-11-24)26-20-14-16(23)4-5-19(20)15(2)21(26)27/h4-5,14-15,17-18H,3,6-13H2,1-2H3. The molecular weight excluding hydrogens is 373 g/mol. The minimum Gasteiger partial charge on any atom is -0.450 e. The number of carbonyl (C=O) groups excluding carboxylic acids is 2. The summed E-state index contributed by atoms with van der Waals surface area (Å²) in [6.45, 7) is 7.47. The average molecular weight is 403 g/mol. The molecule has 3 aliphatic rings. The van der Waals surface area contributed by atoms with E-state index in [4.69, 9.17) is 4.74 Å². The van der Waals surface area contributed by atoms with Gasteiger partial charge in [-0.25, -0.2) is 9.18 Å². The van der Waals surface area contributed by atoms with Crippen LogP contribution in [0.25, 0.3) is 0 Å². The average Bonchev–Trinajstić information content (AvgIpc) is 2.98. The van der Waals surface area contributed by atoms with Gasteiger partial charge in [0.05, 0.1) is 18.2 Å². The van der Waals surface area contributed by atoms with Crippen LogP contribution in [0.1, 0.15) is 51.0 Å². The van der Waals surface area contributed by atoms with Crippen molar-refractivity contribution in [2.75, 3.05) is 37.7 Å². The van der Waals surface area contributed by atoms with Gasteiger partial charge in [0.15, 0.2) is 0 Å². The number of hydrogen-bond donors (Lipinski definition) is 0. The SMILES string of the molecule is CCOC(=O)N1CCC(N2CCC(N3C(=O)C(C)c4ccc(F)cc43)CC2)CC1. The van der Waals surface area contributed by atoms with Crippen LogP contribution in [0.5, 0.6) is 0 Å². The van der Waals surface area contributed by atoms with E-state index in [9.17, 15) is 14.0 Å². The van der Waals surface area contributed by atoms with Gasteiger partial charge in [-0.05, 0) is 57.2 Å². The number of amides is 2. The second-order valence-electron chi connectivity index (χ2n) is 8.32. The molecule has 0 aromatic heterocycles. The van der Waals surface area contributed by atoms with E-state index in [-0.39, 0.29) is 29.8 Å². The molecule has 1 unspecified atom stereocenters. The highest BCUT2D eigenvalue weighted by Gasteiger charge is 2.40. The first kappa shape index (κ1) is 20.1. The molecule has 158 valence electrons. The maximum absolute atomic E-state index is 13.8. The molecular formula is C22H30FN3O3. The number of halogens is 1. The third kappa shape index (κ3) is 3.84. The van der Waals surface area contributed by atoms with Crippen molar-refractivity contribution in [3.63, 3.8) is 0 Å². The molecule has 7 heteroatoms. The van der Waals surface area contributed by atoms with E-state index in [1.54, 1.807) is 11.0 Å². The number of likely N-dealkylation sites (tertiary alicyclic amines) is 2. The van der Waals surface area contributed by atoms with E-state index >= 15 is 0 Å². The minimum atomic E-state index is -0.290. The molecule has 0 saturated carbocycles. The smallest absolute Gasteiger partial charge is 0.409 e. The van der Waals surface area contributed by atoms with Crippen molar-refractivity contribution < 1.29 is 18.7 Å². The Balaban J connectivity index is 1.34. The van der Waals surface area contributed by atoms with Crippen molar-refractivity contribution in [2.24, 2.45) is 0 Å². The first-order chi connectivity index (χ1) is 14.0. The van der Waals surface area contributed by atoms with Gasteiger partial charge in [-0.3, -0.25) is 4.79 Å². The molecule has 0 spiro atoms. The van der Waals surface area contributed by atoms with Crippen molar-refractivity contribution in [2.45, 2.75) is 57.5 Å². The van der Waals surface area contributed by atoms with Crippen molar-refractivity contribution in [1.29, 1.82) is 0 Å². The quantitative estimate of drug-likeness (QED) is 0.777. The van der Waals surface area contributed by atoms with Gasteiger partial charge in [0, 0.05) is 38.3 Å². The number of rotatable bonds is 3. The zero-order chi connectivity index (χ0) is 20.5. The van der Waals surface area contributed by atoms with E-state index in [0.29, 0.717) is 12.6 Å². The Kier molecular flexibility index (Phi) is 5.76. The fourth-order valence-corrected chi connectivity index (χ4v) is 5.07. The first-order valence-corrected chi connectivity index (χ1v) is 10.8. The van der Waals surface area contributed by atoms with E-state index in [1.165, 1.54) is 12.1 Å². The molecule has 1 aromatic rings. The molecule has 0 radical (unpaired) electrons. The summed E-state index contributed by atoms with van der Waals surface area (Å²) in [5, 5.41) is 0. The molecule has 2 saturated heterocycles. The van der Waals surface area contributed by atoms with Crippen LogP contribution in [-0.2, 0) is 9.53 Å². The molecule has 1 atom stereocenters. The molecule has 0 aliphatic carbocycles. The summed E-state index contributed by atoms with van der Waals surface area (Å²) in [5.74, 6) is -0.399. The van der Waals surface area contributed by atoms with E-state index < -0.39 is 0 Å². The van der Waals surface area contributed by atoms with Crippen molar-refractivity contribution in [1.82, 2.24) is 9.80 Å². The molecule has 2 amide bonds. The highest BCUT2D eigenvalue weighted by atomic mass is 19.1. The van der Waals surface area contributed by atoms with Crippen LogP contribution in [0.2, 0.25) is 0 Å². The van der Waals surface area contributed by atoms with Crippen molar-refractivity contribution >= 4 is 17.7 Å². The monoisotopic (exact) mass is 403 g/mol. The summed E-state index contributed by atoms with van der Waals surface area (Å²) in [7, 11) is 0. The van der Waals surface area contributed by atoms with Crippen LogP contribution >= 0.6 is 0 Å². The molecule has 0 N–H and O–H groups in total. The van der Waals surface area contributed by atoms with Crippen LogP contribution in [-0.4, -0.2) is 66.7 Å². The van der Waals surface area contributed by atoms with Crippen LogP contribution in [0.15, 0.2) is 18.2 Å². The number of nitrogens with zero attached hydrogens (tertiary/aromatic N) is 3. The second-order valence-corrected chi connectivity index (χ2v) is 8.32. The minimum absolute atomic E-state index is 0.0896. The summed E-state index contributed by atoms with van der Waals surface area (Å²) in [6, 6.07) is 5.30. The Morgan fingerprint density at radius 2 is 1.76 bits per heavy atom. The lowest BCUT2D eigenvalue weighted by Gasteiger charge is -2.43. The molecule has 3 heterocycles. The fraction of sp³-hybridized carbons (Fsp3) is 0.636. The zero-order valence-corrected chi connectivity index (χ0v) is 17.3. The van der Waals surface area contributed by atoms with E-state index in [2.05, 4.69) is 4.90 Å². The first-order valence-electron chi connectivity index (χ1n) is 10.8. The van der Waals surface area contributed by atoms with Gasteiger partial charge in [-0.2, -0.15) is 0 Å². The number of ether oxygens (including phenoxy) is 1. The van der Waals surface area contributed by atoms with Gasteiger partial charge in [0.1, 0.15) is 5.82 Å². The topological polar surface area (TPSA) is 53.1 Å². The molecule has 6 nitrogen and oxygen atoms in total. The van der Waals surface area contributed by atoms with E-state index in [1.807, 2.05) is 18.7 Å². The van der Waals surface area contributed by atoms with Gasteiger partial charge in [-0.15, -0.1) is 0 Å². The Morgan fingerprint density at radius 3 is 2.41 bits per heavy atom. The number of benzene rings is 1. The van der Waals surface area contributed by atoms with Gasteiger partial charge in [-0.1, -0.05) is 6.07 Å². The number of piperidine rings is 2. The molecule has 3 aliphatic heterocycles. The number of hydrogen-bond acceptors (Lipinski definition) is 4. The summed E-state index contributed by atoms with van der Waals surface area (Å²) < 4.78 is 18.9. The van der Waals surface area contributed by atoms with E-state index in [0.717, 1.165) is 63.1 Å². The number of carbonyl (C=O) groups is 2. The summed E-state index contributed by atoms with van der Waals surface area (Å²) in [4.78, 5) is 30.9. The van der Waals surface area contributed by atoms with Gasteiger partial charge in [0.25, 0.3) is 0 Å². The Morgan fingerprint density at radius 1 is 1.10 bits per heavy atom. The third-order valence-electron chi connectivity index (χ3n) is 6.70. The normalized spacial score (nSPS) is 24.1. The predicted molar refractivity (Wildman–Crippen MR) is 109 cm³/mol. The number of fused-ring (bicyclic) bond motifs is 1. The van der Waals surface area contributed by atoms with Crippen molar-refractivity contribution in [3.8, 4) is 0 Å². The maximum Gasteiger partial charge on any atom is 0.409 e. The lowest BCUT2D eigenvalue weighted by molar-refractivity contribution is -0.119. The van der Waals surface area contributed by atoms with Gasteiger partial charge >= 0.3 is 6.09 Å². The highest BCUT2D eigenvalue weighted by Crippen LogP contribution is 2.40. The van der Waals surface area contributed by atoms with Gasteiger partial charge < -0.3 is 19.4 Å². The Labute approximate surface area is 171 Å². The number of anilines is 1. The van der Waals surface area contributed by atoms with Gasteiger partial charge in [0.2, 0.25) is 5.91 Å². The lowest BCUT2D eigenvalue weighted by Crippen LogP contribution is -2.52. The lowest BCUT2D eigenvalue weighted by atomic mass is 9.97. The summed E-state index contributed by atoms with van der Waals surface area (Å²) >= 11 is 0. The Bertz CT molecular complexity index is 771.